The number of alkyl halides is 2. The van der Waals surface area contributed by atoms with Gasteiger partial charge in [-0.3, -0.25) is 4.79 Å². The van der Waals surface area contributed by atoms with Gasteiger partial charge in [-0.1, -0.05) is 38.8 Å². The van der Waals surface area contributed by atoms with Gasteiger partial charge in [0.05, 0.1) is 5.54 Å². The van der Waals surface area contributed by atoms with E-state index in [0.717, 1.165) is 12.2 Å². The first kappa shape index (κ1) is 13.8. The number of amides is 1. The standard InChI is InChI=1S/C11H15Br2NO2/c1-3-8-4-5-9(16-8)10(15)14-11(2,6-12)7-13/h4-5H,3,6-7H2,1-2H3,(H,14,15). The van der Waals surface area contributed by atoms with Crippen LogP contribution in [0.3, 0.4) is 0 Å². The lowest BCUT2D eigenvalue weighted by atomic mass is 10.1. The predicted molar refractivity (Wildman–Crippen MR) is 71.5 cm³/mol. The number of carbonyl (C=O) groups excluding carboxylic acids is 1. The molecule has 3 nitrogen and oxygen atoms in total. The quantitative estimate of drug-likeness (QED) is 0.827. The van der Waals surface area contributed by atoms with Gasteiger partial charge < -0.3 is 9.73 Å². The van der Waals surface area contributed by atoms with Crippen molar-refractivity contribution in [3.8, 4) is 0 Å². The molecule has 0 radical (unpaired) electrons. The fourth-order valence-electron chi connectivity index (χ4n) is 1.13. The average Bonchev–Trinajstić information content (AvgIpc) is 2.77. The van der Waals surface area contributed by atoms with Crippen molar-refractivity contribution in [3.05, 3.63) is 23.7 Å². The Morgan fingerprint density at radius 3 is 2.50 bits per heavy atom. The van der Waals surface area contributed by atoms with Crippen molar-refractivity contribution in [2.75, 3.05) is 10.7 Å². The number of carbonyl (C=O) groups is 1. The first-order valence-electron chi connectivity index (χ1n) is 5.08. The maximum atomic E-state index is 11.9. The van der Waals surface area contributed by atoms with Gasteiger partial charge >= 0.3 is 0 Å². The Kier molecular flexibility index (Phi) is 5.05. The van der Waals surface area contributed by atoms with E-state index in [9.17, 15) is 4.79 Å². The van der Waals surface area contributed by atoms with Crippen molar-refractivity contribution in [2.45, 2.75) is 25.8 Å². The first-order valence-corrected chi connectivity index (χ1v) is 7.32. The largest absolute Gasteiger partial charge is 0.456 e. The normalized spacial score (nSPS) is 11.5. The molecular formula is C11H15Br2NO2. The molecule has 0 aliphatic heterocycles. The maximum absolute atomic E-state index is 11.9. The van der Waals surface area contributed by atoms with Crippen LogP contribution < -0.4 is 5.32 Å². The predicted octanol–water partition coefficient (Wildman–Crippen LogP) is 3.12. The minimum atomic E-state index is -0.309. The van der Waals surface area contributed by atoms with Gasteiger partial charge in [0.15, 0.2) is 5.76 Å². The fraction of sp³-hybridized carbons (Fsp3) is 0.545. The van der Waals surface area contributed by atoms with Crippen molar-refractivity contribution in [1.82, 2.24) is 5.32 Å². The summed E-state index contributed by atoms with van der Waals surface area (Å²) >= 11 is 6.75. The molecular weight excluding hydrogens is 338 g/mol. The summed E-state index contributed by atoms with van der Waals surface area (Å²) in [6.07, 6.45) is 0.793. The van der Waals surface area contributed by atoms with Crippen LogP contribution in [-0.4, -0.2) is 22.1 Å². The topological polar surface area (TPSA) is 42.2 Å². The summed E-state index contributed by atoms with van der Waals surface area (Å²) in [5.41, 5.74) is -0.309. The molecule has 1 heterocycles. The summed E-state index contributed by atoms with van der Waals surface area (Å²) in [7, 11) is 0. The first-order chi connectivity index (χ1) is 7.54. The molecule has 5 heteroatoms. The summed E-state index contributed by atoms with van der Waals surface area (Å²) in [5, 5.41) is 4.28. The Morgan fingerprint density at radius 1 is 1.44 bits per heavy atom. The van der Waals surface area contributed by atoms with E-state index in [4.69, 9.17) is 4.42 Å². The van der Waals surface area contributed by atoms with Gasteiger partial charge in [-0.05, 0) is 19.1 Å². The molecule has 0 unspecified atom stereocenters. The van der Waals surface area contributed by atoms with Gasteiger partial charge in [-0.15, -0.1) is 0 Å². The van der Waals surface area contributed by atoms with E-state index >= 15 is 0 Å². The Bertz CT molecular complexity index is 359. The SMILES string of the molecule is CCc1ccc(C(=O)NC(C)(CBr)CBr)o1. The Hall–Kier alpha value is -0.290. The van der Waals surface area contributed by atoms with Crippen LogP contribution in [0.4, 0.5) is 0 Å². The molecule has 16 heavy (non-hydrogen) atoms. The highest BCUT2D eigenvalue weighted by Gasteiger charge is 2.25. The molecule has 1 rings (SSSR count). The third kappa shape index (κ3) is 3.35. The van der Waals surface area contributed by atoms with E-state index < -0.39 is 0 Å². The average molecular weight is 353 g/mol. The fourth-order valence-corrected chi connectivity index (χ4v) is 2.34. The molecule has 1 amide bonds. The van der Waals surface area contributed by atoms with Gasteiger partial charge in [0.2, 0.25) is 0 Å². The summed E-state index contributed by atoms with van der Waals surface area (Å²) in [6.45, 7) is 3.94. The molecule has 0 atom stereocenters. The summed E-state index contributed by atoms with van der Waals surface area (Å²) in [5.74, 6) is 1.01. The molecule has 0 saturated carbocycles. The molecule has 0 saturated heterocycles. The van der Waals surface area contributed by atoms with Gasteiger partial charge in [0.25, 0.3) is 5.91 Å². The minimum absolute atomic E-state index is 0.180. The highest BCUT2D eigenvalue weighted by atomic mass is 79.9. The van der Waals surface area contributed by atoms with E-state index in [1.54, 1.807) is 6.07 Å². The summed E-state index contributed by atoms with van der Waals surface area (Å²) < 4.78 is 5.39. The minimum Gasteiger partial charge on any atom is -0.456 e. The van der Waals surface area contributed by atoms with Crippen LogP contribution in [0.5, 0.6) is 0 Å². The van der Waals surface area contributed by atoms with E-state index in [2.05, 4.69) is 37.2 Å². The van der Waals surface area contributed by atoms with Crippen LogP contribution in [0.1, 0.15) is 30.2 Å². The zero-order chi connectivity index (χ0) is 12.2. The number of aryl methyl sites for hydroxylation is 1. The molecule has 90 valence electrons. The molecule has 0 fully saturated rings. The Labute approximate surface area is 112 Å². The third-order valence-corrected chi connectivity index (χ3v) is 4.71. The van der Waals surface area contributed by atoms with Crippen LogP contribution in [0, 0.1) is 0 Å². The summed E-state index contributed by atoms with van der Waals surface area (Å²) in [6, 6.07) is 3.53. The van der Waals surface area contributed by atoms with E-state index in [1.807, 2.05) is 19.9 Å². The monoisotopic (exact) mass is 351 g/mol. The number of hydrogen-bond acceptors (Lipinski definition) is 2. The van der Waals surface area contributed by atoms with Crippen LogP contribution in [0.15, 0.2) is 16.5 Å². The molecule has 0 bridgehead atoms. The molecule has 1 N–H and O–H groups in total. The van der Waals surface area contributed by atoms with Crippen LogP contribution in [-0.2, 0) is 6.42 Å². The van der Waals surface area contributed by atoms with Crippen molar-refractivity contribution in [2.24, 2.45) is 0 Å². The van der Waals surface area contributed by atoms with Crippen LogP contribution in [0.2, 0.25) is 0 Å². The number of halogens is 2. The lowest BCUT2D eigenvalue weighted by molar-refractivity contribution is 0.0893. The van der Waals surface area contributed by atoms with Crippen molar-refractivity contribution >= 4 is 37.8 Å². The maximum Gasteiger partial charge on any atom is 0.287 e. The van der Waals surface area contributed by atoms with E-state index in [0.29, 0.717) is 16.4 Å². The van der Waals surface area contributed by atoms with E-state index in [1.165, 1.54) is 0 Å². The Morgan fingerprint density at radius 2 is 2.06 bits per heavy atom. The second kappa shape index (κ2) is 5.87. The third-order valence-electron chi connectivity index (χ3n) is 2.24. The van der Waals surface area contributed by atoms with Crippen molar-refractivity contribution in [1.29, 1.82) is 0 Å². The van der Waals surface area contributed by atoms with Gasteiger partial charge in [-0.25, -0.2) is 0 Å². The Balaban J connectivity index is 2.71. The van der Waals surface area contributed by atoms with Crippen molar-refractivity contribution in [3.63, 3.8) is 0 Å². The smallest absolute Gasteiger partial charge is 0.287 e. The molecule has 0 aliphatic carbocycles. The van der Waals surface area contributed by atoms with Crippen LogP contribution in [0.25, 0.3) is 0 Å². The second-order valence-electron chi connectivity index (χ2n) is 3.90. The number of furan rings is 1. The lowest BCUT2D eigenvalue weighted by Gasteiger charge is -2.25. The molecule has 0 aliphatic rings. The zero-order valence-electron chi connectivity index (χ0n) is 9.35. The van der Waals surface area contributed by atoms with Gasteiger partial charge in [-0.2, -0.15) is 0 Å². The lowest BCUT2D eigenvalue weighted by Crippen LogP contribution is -2.48. The zero-order valence-corrected chi connectivity index (χ0v) is 12.5. The van der Waals surface area contributed by atoms with E-state index in [-0.39, 0.29) is 11.4 Å². The number of nitrogens with one attached hydrogen (secondary N) is 1. The van der Waals surface area contributed by atoms with Crippen molar-refractivity contribution < 1.29 is 9.21 Å². The second-order valence-corrected chi connectivity index (χ2v) is 5.02. The van der Waals surface area contributed by atoms with Crippen LogP contribution >= 0.6 is 31.9 Å². The summed E-state index contributed by atoms with van der Waals surface area (Å²) in [4.78, 5) is 11.9. The number of hydrogen-bond donors (Lipinski definition) is 1. The molecule has 1 aromatic heterocycles. The molecule has 1 aromatic rings. The van der Waals surface area contributed by atoms with Gasteiger partial charge in [0, 0.05) is 17.1 Å². The van der Waals surface area contributed by atoms with Gasteiger partial charge in [0.1, 0.15) is 5.76 Å². The molecule has 0 aromatic carbocycles. The highest BCUT2D eigenvalue weighted by molar-refractivity contribution is 9.09. The molecule has 0 spiro atoms. The highest BCUT2D eigenvalue weighted by Crippen LogP contribution is 2.14. The number of rotatable bonds is 5.